The van der Waals surface area contributed by atoms with Crippen LogP contribution in [0, 0.1) is 12.7 Å². The molecule has 2 aromatic rings. The van der Waals surface area contributed by atoms with E-state index in [1.807, 2.05) is 4.90 Å². The van der Waals surface area contributed by atoms with Gasteiger partial charge in [-0.25, -0.2) is 9.37 Å². The zero-order valence-corrected chi connectivity index (χ0v) is 15.8. The standard InChI is InChI=1S/C19H22FN3O2S/c1-13-16(11-14-5-7-15(20)8-6-14)18(25)22(2)19(21-13)26-12-17(24)23-9-3-4-10-23/h5-8H,3-4,9-12H2,1-2H3. The summed E-state index contributed by atoms with van der Waals surface area (Å²) in [6.45, 7) is 3.44. The molecule has 5 nitrogen and oxygen atoms in total. The zero-order valence-electron chi connectivity index (χ0n) is 15.0. The quantitative estimate of drug-likeness (QED) is 0.595. The van der Waals surface area contributed by atoms with Crippen LogP contribution in [0.15, 0.2) is 34.2 Å². The summed E-state index contributed by atoms with van der Waals surface area (Å²) in [7, 11) is 1.67. The Morgan fingerprint density at radius 3 is 2.54 bits per heavy atom. The van der Waals surface area contributed by atoms with Crippen LogP contribution in [0.2, 0.25) is 0 Å². The summed E-state index contributed by atoms with van der Waals surface area (Å²) in [6, 6.07) is 6.12. The molecule has 1 aliphatic rings. The summed E-state index contributed by atoms with van der Waals surface area (Å²) in [6.07, 6.45) is 2.53. The van der Waals surface area contributed by atoms with E-state index < -0.39 is 0 Å². The molecule has 0 aliphatic carbocycles. The number of likely N-dealkylation sites (tertiary alicyclic amines) is 1. The molecule has 7 heteroatoms. The average molecular weight is 375 g/mol. The Morgan fingerprint density at radius 1 is 1.23 bits per heavy atom. The second-order valence-electron chi connectivity index (χ2n) is 6.50. The van der Waals surface area contributed by atoms with Crippen molar-refractivity contribution in [3.8, 4) is 0 Å². The van der Waals surface area contributed by atoms with Crippen LogP contribution >= 0.6 is 11.8 Å². The fourth-order valence-electron chi connectivity index (χ4n) is 3.05. The van der Waals surface area contributed by atoms with Gasteiger partial charge in [-0.2, -0.15) is 0 Å². The van der Waals surface area contributed by atoms with Crippen molar-refractivity contribution in [2.45, 2.75) is 31.3 Å². The van der Waals surface area contributed by atoms with Gasteiger partial charge in [-0.15, -0.1) is 0 Å². The van der Waals surface area contributed by atoms with Crippen molar-refractivity contribution in [3.05, 3.63) is 57.3 Å². The predicted molar refractivity (Wildman–Crippen MR) is 100.0 cm³/mol. The third-order valence-corrected chi connectivity index (χ3v) is 5.64. The number of thioether (sulfide) groups is 1. The molecule has 0 saturated carbocycles. The zero-order chi connectivity index (χ0) is 18.7. The van der Waals surface area contributed by atoms with Crippen LogP contribution < -0.4 is 5.56 Å². The summed E-state index contributed by atoms with van der Waals surface area (Å²) in [5.74, 6) is 0.0810. The molecule has 0 atom stereocenters. The summed E-state index contributed by atoms with van der Waals surface area (Å²) >= 11 is 1.30. The van der Waals surface area contributed by atoms with Crippen LogP contribution in [-0.4, -0.2) is 39.2 Å². The molecule has 1 aliphatic heterocycles. The van der Waals surface area contributed by atoms with Gasteiger partial charge in [-0.1, -0.05) is 23.9 Å². The summed E-state index contributed by atoms with van der Waals surface area (Å²) in [4.78, 5) is 31.3. The second kappa shape index (κ2) is 8.03. The topological polar surface area (TPSA) is 55.2 Å². The van der Waals surface area contributed by atoms with Crippen molar-refractivity contribution in [3.63, 3.8) is 0 Å². The lowest BCUT2D eigenvalue weighted by Gasteiger charge is -2.16. The van der Waals surface area contributed by atoms with Crippen LogP contribution in [0.1, 0.15) is 29.7 Å². The van der Waals surface area contributed by atoms with Crippen LogP contribution in [-0.2, 0) is 18.3 Å². The van der Waals surface area contributed by atoms with E-state index in [1.54, 1.807) is 26.1 Å². The van der Waals surface area contributed by atoms with Crippen LogP contribution in [0.3, 0.4) is 0 Å². The van der Waals surface area contributed by atoms with Gasteiger partial charge in [0.05, 0.1) is 5.75 Å². The fourth-order valence-corrected chi connectivity index (χ4v) is 3.97. The highest BCUT2D eigenvalue weighted by molar-refractivity contribution is 7.99. The molecule has 3 rings (SSSR count). The summed E-state index contributed by atoms with van der Waals surface area (Å²) in [5.41, 5.74) is 1.97. The number of nitrogens with zero attached hydrogens (tertiary/aromatic N) is 3. The fraction of sp³-hybridized carbons (Fsp3) is 0.421. The maximum absolute atomic E-state index is 13.1. The summed E-state index contributed by atoms with van der Waals surface area (Å²) < 4.78 is 14.5. The normalized spacial score (nSPS) is 14.0. The maximum Gasteiger partial charge on any atom is 0.257 e. The number of benzene rings is 1. The number of hydrogen-bond acceptors (Lipinski definition) is 4. The number of aryl methyl sites for hydroxylation is 1. The number of hydrogen-bond donors (Lipinski definition) is 0. The van der Waals surface area contributed by atoms with Gasteiger partial charge in [0.1, 0.15) is 5.82 Å². The van der Waals surface area contributed by atoms with E-state index in [9.17, 15) is 14.0 Å². The molecular weight excluding hydrogens is 353 g/mol. The van der Waals surface area contributed by atoms with Gasteiger partial charge in [0.15, 0.2) is 5.16 Å². The highest BCUT2D eigenvalue weighted by Gasteiger charge is 2.19. The molecule has 1 amide bonds. The van der Waals surface area contributed by atoms with E-state index in [1.165, 1.54) is 28.5 Å². The largest absolute Gasteiger partial charge is 0.342 e. The number of carbonyl (C=O) groups is 1. The average Bonchev–Trinajstić information content (AvgIpc) is 3.17. The Balaban J connectivity index is 1.75. The number of amides is 1. The van der Waals surface area contributed by atoms with Crippen molar-refractivity contribution >= 4 is 17.7 Å². The molecular formula is C19H22FN3O2S. The van der Waals surface area contributed by atoms with E-state index in [2.05, 4.69) is 4.98 Å². The van der Waals surface area contributed by atoms with E-state index in [0.29, 0.717) is 22.8 Å². The van der Waals surface area contributed by atoms with E-state index in [4.69, 9.17) is 0 Å². The van der Waals surface area contributed by atoms with Crippen LogP contribution in [0.5, 0.6) is 0 Å². The molecule has 0 radical (unpaired) electrons. The van der Waals surface area contributed by atoms with E-state index in [0.717, 1.165) is 31.5 Å². The van der Waals surface area contributed by atoms with Gasteiger partial charge in [-0.05, 0) is 37.5 Å². The first kappa shape index (κ1) is 18.6. The Bertz CT molecular complexity index is 858. The van der Waals surface area contributed by atoms with E-state index in [-0.39, 0.29) is 23.0 Å². The highest BCUT2D eigenvalue weighted by Crippen LogP contribution is 2.18. The molecule has 2 heterocycles. The molecule has 0 unspecified atom stereocenters. The Hall–Kier alpha value is -2.15. The number of halogens is 1. The van der Waals surface area contributed by atoms with Gasteiger partial charge in [-0.3, -0.25) is 14.2 Å². The van der Waals surface area contributed by atoms with E-state index >= 15 is 0 Å². The maximum atomic E-state index is 13.1. The molecule has 26 heavy (non-hydrogen) atoms. The van der Waals surface area contributed by atoms with Gasteiger partial charge < -0.3 is 4.90 Å². The third kappa shape index (κ3) is 4.15. The number of aromatic nitrogens is 2. The first-order valence-electron chi connectivity index (χ1n) is 8.67. The Morgan fingerprint density at radius 2 is 1.88 bits per heavy atom. The molecule has 1 fully saturated rings. The molecule has 1 saturated heterocycles. The van der Waals surface area contributed by atoms with Crippen molar-refractivity contribution < 1.29 is 9.18 Å². The highest BCUT2D eigenvalue weighted by atomic mass is 32.2. The second-order valence-corrected chi connectivity index (χ2v) is 7.44. The molecule has 1 aromatic carbocycles. The van der Waals surface area contributed by atoms with Gasteiger partial charge in [0.25, 0.3) is 5.56 Å². The first-order valence-corrected chi connectivity index (χ1v) is 9.66. The molecule has 1 aromatic heterocycles. The van der Waals surface area contributed by atoms with Gasteiger partial charge in [0.2, 0.25) is 5.91 Å². The predicted octanol–water partition coefficient (Wildman–Crippen LogP) is 2.53. The smallest absolute Gasteiger partial charge is 0.257 e. The Kier molecular flexibility index (Phi) is 5.76. The van der Waals surface area contributed by atoms with Crippen molar-refractivity contribution in [2.75, 3.05) is 18.8 Å². The molecule has 0 bridgehead atoms. The van der Waals surface area contributed by atoms with Crippen molar-refractivity contribution in [1.82, 2.24) is 14.5 Å². The monoisotopic (exact) mass is 375 g/mol. The molecule has 0 N–H and O–H groups in total. The van der Waals surface area contributed by atoms with Crippen LogP contribution in [0.25, 0.3) is 0 Å². The van der Waals surface area contributed by atoms with Gasteiger partial charge >= 0.3 is 0 Å². The first-order chi connectivity index (χ1) is 12.5. The summed E-state index contributed by atoms with van der Waals surface area (Å²) in [5, 5.41) is 0.544. The Labute approximate surface area is 156 Å². The molecule has 0 spiro atoms. The van der Waals surface area contributed by atoms with Gasteiger partial charge in [0, 0.05) is 37.8 Å². The third-order valence-electron chi connectivity index (χ3n) is 4.63. The minimum atomic E-state index is -0.300. The lowest BCUT2D eigenvalue weighted by Crippen LogP contribution is -2.30. The lowest BCUT2D eigenvalue weighted by molar-refractivity contribution is -0.127. The minimum Gasteiger partial charge on any atom is -0.342 e. The lowest BCUT2D eigenvalue weighted by atomic mass is 10.1. The van der Waals surface area contributed by atoms with Crippen molar-refractivity contribution in [1.29, 1.82) is 0 Å². The number of rotatable bonds is 5. The SMILES string of the molecule is Cc1nc(SCC(=O)N2CCCC2)n(C)c(=O)c1Cc1ccc(F)cc1. The van der Waals surface area contributed by atoms with Crippen molar-refractivity contribution in [2.24, 2.45) is 7.05 Å². The van der Waals surface area contributed by atoms with Crippen LogP contribution in [0.4, 0.5) is 4.39 Å². The number of carbonyl (C=O) groups excluding carboxylic acids is 1. The molecule has 138 valence electrons. The minimum absolute atomic E-state index is 0.0924.